The second-order valence-electron chi connectivity index (χ2n) is 10.1. The van der Waals surface area contributed by atoms with E-state index in [1.807, 2.05) is 50.2 Å². The lowest BCUT2D eigenvalue weighted by molar-refractivity contribution is -0.132. The van der Waals surface area contributed by atoms with Crippen LogP contribution in [0.4, 0.5) is 0 Å². The molecule has 35 heavy (non-hydrogen) atoms. The molecule has 1 saturated heterocycles. The van der Waals surface area contributed by atoms with Gasteiger partial charge in [0.2, 0.25) is 15.9 Å². The topological polar surface area (TPSA) is 96.6 Å². The Hall–Kier alpha value is -3.04. The number of hydrogen-bond donors (Lipinski definition) is 0. The molecule has 2 heterocycles. The number of carbonyl (C=O) groups is 1. The zero-order chi connectivity index (χ0) is 25.4. The maximum Gasteiger partial charge on any atom is 0.257 e. The highest BCUT2D eigenvalue weighted by molar-refractivity contribution is 7.89. The first-order chi connectivity index (χ1) is 16.4. The van der Waals surface area contributed by atoms with Crippen LogP contribution in [0.15, 0.2) is 57.9 Å². The van der Waals surface area contributed by atoms with Gasteiger partial charge in [0.15, 0.2) is 5.82 Å². The Balaban J connectivity index is 1.40. The summed E-state index contributed by atoms with van der Waals surface area (Å²) in [6.45, 7) is 10.9. The number of amides is 1. The first-order valence-electron chi connectivity index (χ1n) is 11.7. The van der Waals surface area contributed by atoms with Crippen LogP contribution in [0, 0.1) is 6.92 Å². The van der Waals surface area contributed by atoms with Crippen molar-refractivity contribution in [3.05, 3.63) is 65.5 Å². The normalized spacial score (nSPS) is 17.5. The Labute approximate surface area is 207 Å². The molecule has 1 atom stereocenters. The lowest BCUT2D eigenvalue weighted by Crippen LogP contribution is -2.55. The Morgan fingerprint density at radius 1 is 1.11 bits per heavy atom. The molecule has 4 rings (SSSR count). The lowest BCUT2D eigenvalue weighted by atomic mass is 9.87. The molecule has 0 saturated carbocycles. The van der Waals surface area contributed by atoms with Gasteiger partial charge in [0.25, 0.3) is 5.89 Å². The standard InChI is InChI=1S/C26H32N4O4S/c1-18-7-6-8-20(15-18)25-27-23(28-34-25)16-24(31)29-13-14-30(19(2)17-29)35(32,33)22-11-9-21(10-12-22)26(3,4)5/h6-12,15,19H,13-14,16-17H2,1-5H3. The molecule has 3 aromatic rings. The van der Waals surface area contributed by atoms with Crippen LogP contribution in [0.1, 0.15) is 44.6 Å². The van der Waals surface area contributed by atoms with Gasteiger partial charge in [0.05, 0.1) is 11.3 Å². The van der Waals surface area contributed by atoms with Crippen LogP contribution in [0.3, 0.4) is 0 Å². The monoisotopic (exact) mass is 496 g/mol. The van der Waals surface area contributed by atoms with Crippen LogP contribution in [-0.4, -0.2) is 59.3 Å². The molecule has 1 unspecified atom stereocenters. The zero-order valence-electron chi connectivity index (χ0n) is 20.9. The lowest BCUT2D eigenvalue weighted by Gasteiger charge is -2.38. The van der Waals surface area contributed by atoms with E-state index in [-0.39, 0.29) is 35.2 Å². The molecule has 1 aliphatic rings. The highest BCUT2D eigenvalue weighted by Gasteiger charge is 2.35. The number of hydrogen-bond acceptors (Lipinski definition) is 6. The SMILES string of the molecule is Cc1cccc(-c2nc(CC(=O)N3CCN(S(=O)(=O)c4ccc(C(C)(C)C)cc4)C(C)C3)no2)c1. The van der Waals surface area contributed by atoms with E-state index in [1.165, 1.54) is 4.31 Å². The molecule has 2 aromatic carbocycles. The zero-order valence-corrected chi connectivity index (χ0v) is 21.7. The van der Waals surface area contributed by atoms with Crippen LogP contribution in [-0.2, 0) is 26.7 Å². The van der Waals surface area contributed by atoms with E-state index in [2.05, 4.69) is 30.9 Å². The number of carbonyl (C=O) groups excluding carboxylic acids is 1. The molecule has 0 radical (unpaired) electrons. The van der Waals surface area contributed by atoms with Gasteiger partial charge in [-0.2, -0.15) is 9.29 Å². The van der Waals surface area contributed by atoms with Gasteiger partial charge in [-0.1, -0.05) is 55.8 Å². The van der Waals surface area contributed by atoms with Crippen molar-refractivity contribution in [2.75, 3.05) is 19.6 Å². The molecule has 9 heteroatoms. The van der Waals surface area contributed by atoms with Crippen molar-refractivity contribution >= 4 is 15.9 Å². The van der Waals surface area contributed by atoms with Gasteiger partial charge in [-0.3, -0.25) is 4.79 Å². The predicted octanol–water partition coefficient (Wildman–Crippen LogP) is 3.81. The van der Waals surface area contributed by atoms with Crippen molar-refractivity contribution in [1.82, 2.24) is 19.3 Å². The summed E-state index contributed by atoms with van der Waals surface area (Å²) in [6.07, 6.45) is 0.00303. The molecular weight excluding hydrogens is 464 g/mol. The fourth-order valence-corrected chi connectivity index (χ4v) is 5.87. The van der Waals surface area contributed by atoms with Gasteiger partial charge in [0, 0.05) is 31.2 Å². The maximum absolute atomic E-state index is 13.3. The summed E-state index contributed by atoms with van der Waals surface area (Å²) in [5.41, 5.74) is 2.90. The summed E-state index contributed by atoms with van der Waals surface area (Å²) in [4.78, 5) is 19.2. The molecule has 1 amide bonds. The smallest absolute Gasteiger partial charge is 0.257 e. The van der Waals surface area contributed by atoms with Crippen LogP contribution in [0.2, 0.25) is 0 Å². The average Bonchev–Trinajstić information content (AvgIpc) is 3.27. The Morgan fingerprint density at radius 2 is 1.83 bits per heavy atom. The van der Waals surface area contributed by atoms with Gasteiger partial charge < -0.3 is 9.42 Å². The Kier molecular flexibility index (Phi) is 6.83. The van der Waals surface area contributed by atoms with E-state index in [0.29, 0.717) is 24.8 Å². The predicted molar refractivity (Wildman–Crippen MR) is 133 cm³/mol. The molecule has 0 bridgehead atoms. The third-order valence-corrected chi connectivity index (χ3v) is 8.32. The number of rotatable bonds is 5. The molecule has 1 aliphatic heterocycles. The van der Waals surface area contributed by atoms with E-state index >= 15 is 0 Å². The number of nitrogens with zero attached hydrogens (tertiary/aromatic N) is 4. The minimum absolute atomic E-state index is 0.00303. The van der Waals surface area contributed by atoms with Crippen molar-refractivity contribution in [1.29, 1.82) is 0 Å². The van der Waals surface area contributed by atoms with Crippen LogP contribution < -0.4 is 0 Å². The highest BCUT2D eigenvalue weighted by Crippen LogP contribution is 2.26. The molecule has 1 aromatic heterocycles. The quantitative estimate of drug-likeness (QED) is 0.533. The van der Waals surface area contributed by atoms with Gasteiger partial charge in [0.1, 0.15) is 0 Å². The maximum atomic E-state index is 13.3. The Bertz CT molecular complexity index is 1310. The van der Waals surface area contributed by atoms with E-state index in [1.54, 1.807) is 17.0 Å². The summed E-state index contributed by atoms with van der Waals surface area (Å²) in [5.74, 6) is 0.534. The number of sulfonamides is 1. The van der Waals surface area contributed by atoms with Gasteiger partial charge in [-0.05, 0) is 49.1 Å². The van der Waals surface area contributed by atoms with Crippen molar-refractivity contribution < 1.29 is 17.7 Å². The fourth-order valence-electron chi connectivity index (χ4n) is 4.26. The Morgan fingerprint density at radius 3 is 2.46 bits per heavy atom. The second-order valence-corrected chi connectivity index (χ2v) is 12.0. The minimum Gasteiger partial charge on any atom is -0.339 e. The summed E-state index contributed by atoms with van der Waals surface area (Å²) in [7, 11) is -3.66. The van der Waals surface area contributed by atoms with Crippen LogP contribution >= 0.6 is 0 Å². The molecule has 0 spiro atoms. The number of aromatic nitrogens is 2. The molecule has 0 aliphatic carbocycles. The van der Waals surface area contributed by atoms with E-state index < -0.39 is 10.0 Å². The first-order valence-corrected chi connectivity index (χ1v) is 13.2. The van der Waals surface area contributed by atoms with Gasteiger partial charge >= 0.3 is 0 Å². The largest absolute Gasteiger partial charge is 0.339 e. The highest BCUT2D eigenvalue weighted by atomic mass is 32.2. The number of piperazine rings is 1. The molecule has 0 N–H and O–H groups in total. The average molecular weight is 497 g/mol. The summed E-state index contributed by atoms with van der Waals surface area (Å²) in [5, 5.41) is 3.95. The van der Waals surface area contributed by atoms with Crippen LogP contribution in [0.5, 0.6) is 0 Å². The van der Waals surface area contributed by atoms with Gasteiger partial charge in [-0.25, -0.2) is 8.42 Å². The summed E-state index contributed by atoms with van der Waals surface area (Å²) >= 11 is 0. The fraction of sp³-hybridized carbons (Fsp3) is 0.423. The third kappa shape index (κ3) is 5.46. The minimum atomic E-state index is -3.66. The molecule has 1 fully saturated rings. The van der Waals surface area contributed by atoms with Crippen molar-refractivity contribution in [3.63, 3.8) is 0 Å². The number of aryl methyl sites for hydroxylation is 1. The number of benzene rings is 2. The van der Waals surface area contributed by atoms with E-state index in [4.69, 9.17) is 4.52 Å². The summed E-state index contributed by atoms with van der Waals surface area (Å²) in [6, 6.07) is 14.4. The van der Waals surface area contributed by atoms with Crippen LogP contribution in [0.25, 0.3) is 11.5 Å². The van der Waals surface area contributed by atoms with Crippen molar-refractivity contribution in [2.24, 2.45) is 0 Å². The molecular formula is C26H32N4O4S. The van der Waals surface area contributed by atoms with E-state index in [0.717, 1.165) is 16.7 Å². The summed E-state index contributed by atoms with van der Waals surface area (Å²) < 4.78 is 33.4. The van der Waals surface area contributed by atoms with Gasteiger partial charge in [-0.15, -0.1) is 0 Å². The third-order valence-electron chi connectivity index (χ3n) is 6.29. The molecule has 186 valence electrons. The van der Waals surface area contributed by atoms with E-state index in [9.17, 15) is 13.2 Å². The van der Waals surface area contributed by atoms with Crippen molar-refractivity contribution in [3.8, 4) is 11.5 Å². The first kappa shape index (κ1) is 25.1. The van der Waals surface area contributed by atoms with Crippen molar-refractivity contribution in [2.45, 2.75) is 57.4 Å². The second kappa shape index (κ2) is 9.54. The molecule has 8 nitrogen and oxygen atoms in total.